The Balaban J connectivity index is 1.83. The van der Waals surface area contributed by atoms with Crippen molar-refractivity contribution >= 4 is 15.9 Å². The van der Waals surface area contributed by atoms with Gasteiger partial charge in [-0.05, 0) is 25.7 Å². The summed E-state index contributed by atoms with van der Waals surface area (Å²) in [6, 6.07) is 0.211. The van der Waals surface area contributed by atoms with E-state index in [2.05, 4.69) is 10.2 Å². The molecule has 8 heteroatoms. The van der Waals surface area contributed by atoms with Gasteiger partial charge >= 0.3 is 0 Å². The number of aliphatic hydroxyl groups is 1. The number of hydrogen-bond donors (Lipinski definition) is 2. The van der Waals surface area contributed by atoms with Crippen LogP contribution in [0.3, 0.4) is 0 Å². The van der Waals surface area contributed by atoms with E-state index < -0.39 is 15.6 Å². The molecule has 2 aliphatic heterocycles. The number of carbonyl (C=O) groups is 1. The minimum atomic E-state index is -3.24. The molecular weight excluding hydrogens is 318 g/mol. The summed E-state index contributed by atoms with van der Waals surface area (Å²) >= 11 is 0. The zero-order valence-electron chi connectivity index (χ0n) is 14.1. The lowest BCUT2D eigenvalue weighted by Crippen LogP contribution is -2.50. The lowest BCUT2D eigenvalue weighted by molar-refractivity contribution is -0.120. The topological polar surface area (TPSA) is 89.9 Å². The van der Waals surface area contributed by atoms with E-state index in [0.29, 0.717) is 25.9 Å². The van der Waals surface area contributed by atoms with Crippen molar-refractivity contribution < 1.29 is 18.3 Å². The zero-order valence-corrected chi connectivity index (χ0v) is 14.9. The van der Waals surface area contributed by atoms with Crippen LogP contribution in [0.4, 0.5) is 0 Å². The molecule has 2 rings (SSSR count). The molecule has 2 saturated heterocycles. The molecule has 2 heterocycles. The van der Waals surface area contributed by atoms with Crippen LogP contribution in [0, 0.1) is 0 Å². The van der Waals surface area contributed by atoms with E-state index in [1.54, 1.807) is 0 Å². The Morgan fingerprint density at radius 1 is 1.30 bits per heavy atom. The fraction of sp³-hybridized carbons (Fsp3) is 0.933. The van der Waals surface area contributed by atoms with E-state index in [4.69, 9.17) is 0 Å². The SMILES string of the molecule is CCCS(=O)(=O)N1CC[C@](O)(CN2CCC(NC(C)=O)CC2)C1. The minimum absolute atomic E-state index is 0.00496. The molecule has 2 aliphatic rings. The van der Waals surface area contributed by atoms with Gasteiger partial charge in [0.2, 0.25) is 15.9 Å². The van der Waals surface area contributed by atoms with Crippen LogP contribution >= 0.6 is 0 Å². The van der Waals surface area contributed by atoms with Crippen LogP contribution in [0.1, 0.15) is 39.5 Å². The van der Waals surface area contributed by atoms with Crippen LogP contribution in [0.2, 0.25) is 0 Å². The maximum atomic E-state index is 12.1. The average Bonchev–Trinajstić information content (AvgIpc) is 2.84. The first-order valence-corrected chi connectivity index (χ1v) is 10.0. The van der Waals surface area contributed by atoms with Gasteiger partial charge in [-0.15, -0.1) is 0 Å². The number of amides is 1. The van der Waals surface area contributed by atoms with Crippen molar-refractivity contribution in [3.63, 3.8) is 0 Å². The Morgan fingerprint density at radius 3 is 2.52 bits per heavy atom. The standard InChI is InChI=1S/C15H29N3O4S/c1-3-10-23(21,22)18-9-6-15(20,12-18)11-17-7-4-14(5-8-17)16-13(2)19/h14,20H,3-12H2,1-2H3,(H,16,19)/t15-/m0/s1. The highest BCUT2D eigenvalue weighted by Crippen LogP contribution is 2.26. The number of nitrogens with one attached hydrogen (secondary N) is 1. The lowest BCUT2D eigenvalue weighted by atomic mass is 9.99. The number of hydrogen-bond acceptors (Lipinski definition) is 5. The van der Waals surface area contributed by atoms with Crippen molar-refractivity contribution in [3.8, 4) is 0 Å². The van der Waals surface area contributed by atoms with Crippen LogP contribution in [0.15, 0.2) is 0 Å². The Labute approximate surface area is 139 Å². The van der Waals surface area contributed by atoms with Crippen LogP contribution in [-0.4, -0.2) is 78.8 Å². The first-order valence-electron chi connectivity index (χ1n) is 8.44. The maximum absolute atomic E-state index is 12.1. The third kappa shape index (κ3) is 5.14. The molecule has 2 N–H and O–H groups in total. The van der Waals surface area contributed by atoms with Gasteiger partial charge < -0.3 is 15.3 Å². The van der Waals surface area contributed by atoms with Crippen molar-refractivity contribution in [3.05, 3.63) is 0 Å². The molecule has 0 unspecified atom stereocenters. The summed E-state index contributed by atoms with van der Waals surface area (Å²) in [6.45, 7) is 6.10. The molecule has 0 aromatic rings. The average molecular weight is 347 g/mol. The minimum Gasteiger partial charge on any atom is -0.387 e. The van der Waals surface area contributed by atoms with Crippen molar-refractivity contribution in [1.82, 2.24) is 14.5 Å². The van der Waals surface area contributed by atoms with Crippen LogP contribution in [-0.2, 0) is 14.8 Å². The smallest absolute Gasteiger partial charge is 0.217 e. The molecule has 7 nitrogen and oxygen atoms in total. The monoisotopic (exact) mass is 347 g/mol. The largest absolute Gasteiger partial charge is 0.387 e. The number of nitrogens with zero attached hydrogens (tertiary/aromatic N) is 2. The Kier molecular flexibility index (Phi) is 6.05. The predicted molar refractivity (Wildman–Crippen MR) is 88.5 cm³/mol. The molecule has 1 atom stereocenters. The first kappa shape index (κ1) is 18.6. The van der Waals surface area contributed by atoms with Gasteiger partial charge in [0.15, 0.2) is 0 Å². The number of carbonyl (C=O) groups excluding carboxylic acids is 1. The number of rotatable bonds is 6. The van der Waals surface area contributed by atoms with Gasteiger partial charge in [-0.1, -0.05) is 6.92 Å². The van der Waals surface area contributed by atoms with E-state index in [1.807, 2.05) is 6.92 Å². The first-order chi connectivity index (χ1) is 10.7. The molecule has 0 bridgehead atoms. The van der Waals surface area contributed by atoms with Gasteiger partial charge in [0, 0.05) is 45.7 Å². The maximum Gasteiger partial charge on any atom is 0.217 e. The highest BCUT2D eigenvalue weighted by Gasteiger charge is 2.42. The van der Waals surface area contributed by atoms with Crippen LogP contribution in [0.25, 0.3) is 0 Å². The Bertz CT molecular complexity index is 517. The summed E-state index contributed by atoms with van der Waals surface area (Å²) < 4.78 is 25.7. The highest BCUT2D eigenvalue weighted by atomic mass is 32.2. The number of β-amino-alcohol motifs (C(OH)–C–C–N with tert-alkyl or cyclic N) is 1. The van der Waals surface area contributed by atoms with Crippen molar-refractivity contribution in [2.24, 2.45) is 0 Å². The van der Waals surface area contributed by atoms with Crippen LogP contribution < -0.4 is 5.32 Å². The third-order valence-corrected chi connectivity index (χ3v) is 6.69. The summed E-state index contributed by atoms with van der Waals surface area (Å²) in [6.07, 6.45) is 2.82. The van der Waals surface area contributed by atoms with Gasteiger partial charge in [0.1, 0.15) is 0 Å². The molecule has 0 aliphatic carbocycles. The zero-order chi connectivity index (χ0) is 17.1. The van der Waals surface area contributed by atoms with E-state index in [1.165, 1.54) is 11.2 Å². The fourth-order valence-corrected chi connectivity index (χ4v) is 5.09. The second kappa shape index (κ2) is 7.46. The van der Waals surface area contributed by atoms with Crippen molar-refractivity contribution in [2.45, 2.75) is 51.2 Å². The summed E-state index contributed by atoms with van der Waals surface area (Å²) in [4.78, 5) is 13.3. The number of piperidine rings is 1. The normalized spacial score (nSPS) is 28.1. The summed E-state index contributed by atoms with van der Waals surface area (Å²) in [5.41, 5.74) is -0.957. The third-order valence-electron chi connectivity index (χ3n) is 4.67. The van der Waals surface area contributed by atoms with Crippen molar-refractivity contribution in [2.75, 3.05) is 38.5 Å². The van der Waals surface area contributed by atoms with Crippen LogP contribution in [0.5, 0.6) is 0 Å². The van der Waals surface area contributed by atoms with Gasteiger partial charge in [0.05, 0.1) is 11.4 Å². The molecule has 0 radical (unpaired) electrons. The molecule has 0 aromatic carbocycles. The molecule has 134 valence electrons. The number of sulfonamides is 1. The summed E-state index contributed by atoms with van der Waals surface area (Å²) in [5, 5.41) is 13.7. The van der Waals surface area contributed by atoms with E-state index >= 15 is 0 Å². The molecule has 2 fully saturated rings. The molecule has 0 aromatic heterocycles. The summed E-state index contributed by atoms with van der Waals surface area (Å²) in [5.74, 6) is 0.139. The fourth-order valence-electron chi connectivity index (χ4n) is 3.51. The van der Waals surface area contributed by atoms with Gasteiger partial charge in [0.25, 0.3) is 0 Å². The summed E-state index contributed by atoms with van der Waals surface area (Å²) in [7, 11) is -3.24. The van der Waals surface area contributed by atoms with Gasteiger partial charge in [-0.25, -0.2) is 8.42 Å². The second-order valence-corrected chi connectivity index (χ2v) is 8.96. The Hall–Kier alpha value is -0.700. The van der Waals surface area contributed by atoms with E-state index in [0.717, 1.165) is 25.9 Å². The van der Waals surface area contributed by atoms with E-state index in [9.17, 15) is 18.3 Å². The molecule has 23 heavy (non-hydrogen) atoms. The second-order valence-electron chi connectivity index (χ2n) is 6.87. The highest BCUT2D eigenvalue weighted by molar-refractivity contribution is 7.89. The van der Waals surface area contributed by atoms with Crippen molar-refractivity contribution in [1.29, 1.82) is 0 Å². The Morgan fingerprint density at radius 2 is 1.96 bits per heavy atom. The molecule has 0 spiro atoms. The predicted octanol–water partition coefficient (Wildman–Crippen LogP) is -0.236. The lowest BCUT2D eigenvalue weighted by Gasteiger charge is -2.36. The quantitative estimate of drug-likeness (QED) is 0.692. The molecule has 0 saturated carbocycles. The van der Waals surface area contributed by atoms with E-state index in [-0.39, 0.29) is 24.2 Å². The number of likely N-dealkylation sites (tertiary alicyclic amines) is 1. The van der Waals surface area contributed by atoms with Gasteiger partial charge in [-0.3, -0.25) is 4.79 Å². The molecule has 1 amide bonds. The van der Waals surface area contributed by atoms with Gasteiger partial charge in [-0.2, -0.15) is 4.31 Å². The molecular formula is C15H29N3O4S.